The van der Waals surface area contributed by atoms with Crippen molar-refractivity contribution in [2.24, 2.45) is 0 Å². The lowest BCUT2D eigenvalue weighted by atomic mass is 10.0. The van der Waals surface area contributed by atoms with Gasteiger partial charge in [-0.2, -0.15) is 0 Å². The first kappa shape index (κ1) is 13.1. The molecule has 0 saturated heterocycles. The van der Waals surface area contributed by atoms with Gasteiger partial charge in [-0.15, -0.1) is 0 Å². The van der Waals surface area contributed by atoms with Crippen LogP contribution in [0.15, 0.2) is 36.8 Å². The van der Waals surface area contributed by atoms with Gasteiger partial charge in [0.2, 0.25) is 0 Å². The van der Waals surface area contributed by atoms with Gasteiger partial charge >= 0.3 is 0 Å². The van der Waals surface area contributed by atoms with Gasteiger partial charge in [-0.25, -0.2) is 4.98 Å². The van der Waals surface area contributed by atoms with Gasteiger partial charge in [0.05, 0.1) is 30.3 Å². The van der Waals surface area contributed by atoms with Crippen molar-refractivity contribution < 1.29 is 0 Å². The van der Waals surface area contributed by atoms with Gasteiger partial charge in [0, 0.05) is 5.02 Å². The Morgan fingerprint density at radius 3 is 2.72 bits per heavy atom. The minimum atomic E-state index is -0.113. The lowest BCUT2D eigenvalue weighted by Crippen LogP contribution is -2.35. The van der Waals surface area contributed by atoms with E-state index in [0.29, 0.717) is 0 Å². The number of halogens is 1. The number of hydrogen-bond acceptors (Lipinski definition) is 2. The van der Waals surface area contributed by atoms with Crippen LogP contribution in [0.3, 0.4) is 0 Å². The SMILES string of the molecule is CNC(C)(C)c1cncn1Cc1ccccc1Cl. The van der Waals surface area contributed by atoms with E-state index in [2.05, 4.69) is 28.7 Å². The van der Waals surface area contributed by atoms with Crippen LogP contribution in [-0.2, 0) is 12.1 Å². The average molecular weight is 264 g/mol. The Morgan fingerprint density at radius 2 is 2.06 bits per heavy atom. The summed E-state index contributed by atoms with van der Waals surface area (Å²) >= 11 is 6.19. The largest absolute Gasteiger partial charge is 0.328 e. The summed E-state index contributed by atoms with van der Waals surface area (Å²) in [5.74, 6) is 0. The molecule has 1 aromatic heterocycles. The Morgan fingerprint density at radius 1 is 1.33 bits per heavy atom. The molecule has 96 valence electrons. The highest BCUT2D eigenvalue weighted by molar-refractivity contribution is 6.31. The van der Waals surface area contributed by atoms with Crippen LogP contribution < -0.4 is 5.32 Å². The van der Waals surface area contributed by atoms with E-state index >= 15 is 0 Å². The maximum absolute atomic E-state index is 6.19. The second kappa shape index (κ2) is 5.12. The monoisotopic (exact) mass is 263 g/mol. The number of rotatable bonds is 4. The molecule has 0 aliphatic carbocycles. The van der Waals surface area contributed by atoms with E-state index in [9.17, 15) is 0 Å². The van der Waals surface area contributed by atoms with Gasteiger partial charge < -0.3 is 9.88 Å². The summed E-state index contributed by atoms with van der Waals surface area (Å²) in [5, 5.41) is 4.08. The van der Waals surface area contributed by atoms with E-state index in [1.54, 1.807) is 0 Å². The molecule has 2 aromatic rings. The van der Waals surface area contributed by atoms with E-state index in [0.717, 1.165) is 22.8 Å². The fourth-order valence-electron chi connectivity index (χ4n) is 1.91. The molecule has 0 bridgehead atoms. The predicted molar refractivity (Wildman–Crippen MR) is 74.9 cm³/mol. The van der Waals surface area contributed by atoms with Crippen molar-refractivity contribution in [3.05, 3.63) is 53.1 Å². The van der Waals surface area contributed by atoms with Gasteiger partial charge in [0.25, 0.3) is 0 Å². The second-order valence-electron chi connectivity index (χ2n) is 4.87. The number of nitrogens with zero attached hydrogens (tertiary/aromatic N) is 2. The van der Waals surface area contributed by atoms with E-state index in [1.807, 2.05) is 43.8 Å². The van der Waals surface area contributed by atoms with Crippen molar-refractivity contribution in [2.45, 2.75) is 25.9 Å². The zero-order chi connectivity index (χ0) is 13.2. The number of benzene rings is 1. The van der Waals surface area contributed by atoms with E-state index in [4.69, 9.17) is 11.6 Å². The maximum atomic E-state index is 6.19. The molecular weight excluding hydrogens is 246 g/mol. The number of nitrogens with one attached hydrogen (secondary N) is 1. The van der Waals surface area contributed by atoms with Crippen molar-refractivity contribution in [1.29, 1.82) is 0 Å². The van der Waals surface area contributed by atoms with Crippen molar-refractivity contribution in [3.63, 3.8) is 0 Å². The molecule has 0 aliphatic heterocycles. The number of hydrogen-bond donors (Lipinski definition) is 1. The van der Waals surface area contributed by atoms with Gasteiger partial charge in [-0.3, -0.25) is 0 Å². The smallest absolute Gasteiger partial charge is 0.0951 e. The molecule has 0 amide bonds. The molecule has 0 aliphatic rings. The molecule has 0 fully saturated rings. The molecule has 3 nitrogen and oxygen atoms in total. The summed E-state index contributed by atoms with van der Waals surface area (Å²) in [6, 6.07) is 7.90. The zero-order valence-electron chi connectivity index (χ0n) is 10.9. The number of imidazole rings is 1. The first-order valence-electron chi connectivity index (χ1n) is 5.97. The molecule has 0 saturated carbocycles. The molecule has 1 N–H and O–H groups in total. The van der Waals surface area contributed by atoms with Crippen molar-refractivity contribution >= 4 is 11.6 Å². The van der Waals surface area contributed by atoms with E-state index in [1.165, 1.54) is 0 Å². The normalized spacial score (nSPS) is 11.8. The van der Waals surface area contributed by atoms with Crippen LogP contribution >= 0.6 is 11.6 Å². The van der Waals surface area contributed by atoms with Gasteiger partial charge in [-0.1, -0.05) is 29.8 Å². The maximum Gasteiger partial charge on any atom is 0.0951 e. The highest BCUT2D eigenvalue weighted by Gasteiger charge is 2.22. The van der Waals surface area contributed by atoms with Gasteiger partial charge in [0.15, 0.2) is 0 Å². The van der Waals surface area contributed by atoms with Gasteiger partial charge in [0.1, 0.15) is 0 Å². The molecular formula is C14H18ClN3. The third kappa shape index (κ3) is 2.57. The summed E-state index contributed by atoms with van der Waals surface area (Å²) < 4.78 is 2.12. The molecule has 0 unspecified atom stereocenters. The highest BCUT2D eigenvalue weighted by atomic mass is 35.5. The molecule has 1 aromatic carbocycles. The van der Waals surface area contributed by atoms with Gasteiger partial charge in [-0.05, 0) is 32.5 Å². The summed E-state index contributed by atoms with van der Waals surface area (Å²) in [6.45, 7) is 5.00. The standard InChI is InChI=1S/C14H18ClN3/c1-14(2,16-3)13-8-17-10-18(13)9-11-6-4-5-7-12(11)15/h4-8,10,16H,9H2,1-3H3. The van der Waals surface area contributed by atoms with Crippen molar-refractivity contribution in [3.8, 4) is 0 Å². The van der Waals surface area contributed by atoms with Crippen LogP contribution in [0.25, 0.3) is 0 Å². The lowest BCUT2D eigenvalue weighted by Gasteiger charge is -2.25. The Hall–Kier alpha value is -1.32. The lowest BCUT2D eigenvalue weighted by molar-refractivity contribution is 0.413. The predicted octanol–water partition coefficient (Wildman–Crippen LogP) is 3.04. The molecule has 1 heterocycles. The van der Waals surface area contributed by atoms with Crippen LogP contribution in [0, 0.1) is 0 Å². The average Bonchev–Trinajstić information content (AvgIpc) is 2.81. The Kier molecular flexibility index (Phi) is 3.73. The second-order valence-corrected chi connectivity index (χ2v) is 5.28. The summed E-state index contributed by atoms with van der Waals surface area (Å²) in [7, 11) is 1.95. The Balaban J connectivity index is 2.32. The minimum Gasteiger partial charge on any atom is -0.328 e. The molecule has 4 heteroatoms. The first-order valence-corrected chi connectivity index (χ1v) is 6.35. The van der Waals surface area contributed by atoms with E-state index in [-0.39, 0.29) is 5.54 Å². The summed E-state index contributed by atoms with van der Waals surface area (Å²) in [6.07, 6.45) is 3.74. The summed E-state index contributed by atoms with van der Waals surface area (Å²) in [4.78, 5) is 4.24. The fourth-order valence-corrected chi connectivity index (χ4v) is 2.10. The summed E-state index contributed by atoms with van der Waals surface area (Å²) in [5.41, 5.74) is 2.13. The minimum absolute atomic E-state index is 0.113. The van der Waals surface area contributed by atoms with Crippen molar-refractivity contribution in [2.75, 3.05) is 7.05 Å². The van der Waals surface area contributed by atoms with Crippen LogP contribution in [-0.4, -0.2) is 16.6 Å². The molecule has 0 spiro atoms. The zero-order valence-corrected chi connectivity index (χ0v) is 11.7. The molecule has 0 radical (unpaired) electrons. The number of aromatic nitrogens is 2. The highest BCUT2D eigenvalue weighted by Crippen LogP contribution is 2.22. The van der Waals surface area contributed by atoms with Crippen molar-refractivity contribution in [1.82, 2.24) is 14.9 Å². The van der Waals surface area contributed by atoms with E-state index < -0.39 is 0 Å². The molecule has 2 rings (SSSR count). The van der Waals surface area contributed by atoms with Crippen LogP contribution in [0.4, 0.5) is 0 Å². The Bertz CT molecular complexity index is 531. The Labute approximate surface area is 113 Å². The third-order valence-corrected chi connectivity index (χ3v) is 3.64. The molecule has 18 heavy (non-hydrogen) atoms. The van der Waals surface area contributed by atoms with Crippen LogP contribution in [0.5, 0.6) is 0 Å². The fraction of sp³-hybridized carbons (Fsp3) is 0.357. The first-order chi connectivity index (χ1) is 8.54. The van der Waals surface area contributed by atoms with Crippen LogP contribution in [0.2, 0.25) is 5.02 Å². The third-order valence-electron chi connectivity index (χ3n) is 3.28. The van der Waals surface area contributed by atoms with Crippen LogP contribution in [0.1, 0.15) is 25.1 Å². The quantitative estimate of drug-likeness (QED) is 0.919. The molecule has 0 atom stereocenters. The topological polar surface area (TPSA) is 29.9 Å².